The number of benzene rings is 4. The Hall–Kier alpha value is -4.54. The van der Waals surface area contributed by atoms with Crippen LogP contribution in [0.1, 0.15) is 44.2 Å². The molecule has 17 heteroatoms. The molecule has 1 unspecified atom stereocenters. The molecule has 0 amide bonds. The number of hydrogen-bond acceptors (Lipinski definition) is 3. The number of halogens is 12. The molecule has 0 spiro atoms. The lowest BCUT2D eigenvalue weighted by molar-refractivity contribution is -0.902. The normalized spacial score (nSPS) is 11.8. The van der Waals surface area contributed by atoms with Gasteiger partial charge in [0, 0.05) is 48.4 Å². The van der Waals surface area contributed by atoms with Crippen molar-refractivity contribution in [2.45, 2.75) is 38.6 Å². The molecule has 0 aliphatic rings. The van der Waals surface area contributed by atoms with Crippen LogP contribution in [0.5, 0.6) is 17.2 Å². The van der Waals surface area contributed by atoms with E-state index in [4.69, 9.17) is 14.0 Å². The van der Waals surface area contributed by atoms with Gasteiger partial charge in [-0.2, -0.15) is 6.07 Å². The second-order valence-corrected chi connectivity index (χ2v) is 11.5. The fourth-order valence-electron chi connectivity index (χ4n) is 4.53. The van der Waals surface area contributed by atoms with Gasteiger partial charge in [0.2, 0.25) is 0 Å². The molecule has 0 aliphatic carbocycles. The van der Waals surface area contributed by atoms with Crippen molar-refractivity contribution in [3.8, 4) is 17.2 Å². The second-order valence-electron chi connectivity index (χ2n) is 11.5. The summed E-state index contributed by atoms with van der Waals surface area (Å²) in [5.41, 5.74) is -0.447. The van der Waals surface area contributed by atoms with Crippen LogP contribution in [0.15, 0.2) is 42.5 Å². The zero-order valence-corrected chi connectivity index (χ0v) is 26.7. The third-order valence-electron chi connectivity index (χ3n) is 6.95. The van der Waals surface area contributed by atoms with Crippen molar-refractivity contribution in [3.63, 3.8) is 0 Å². The molecule has 0 aliphatic heterocycles. The van der Waals surface area contributed by atoms with Gasteiger partial charge in [0.25, 0.3) is 0 Å². The number of nitrogens with zero attached hydrogens (tertiary/aromatic N) is 1. The van der Waals surface area contributed by atoms with Crippen molar-refractivity contribution in [2.75, 3.05) is 21.1 Å². The van der Waals surface area contributed by atoms with Crippen molar-refractivity contribution in [2.24, 2.45) is 0 Å². The minimum atomic E-state index is -2.32. The summed E-state index contributed by atoms with van der Waals surface area (Å²) in [5, 5.41) is 0. The highest BCUT2D eigenvalue weighted by molar-refractivity contribution is 6.39. The molecule has 0 N–H and O–H groups in total. The number of unbranched alkanes of at least 4 members (excludes halogenated alkanes) is 2. The summed E-state index contributed by atoms with van der Waals surface area (Å²) >= 11 is 0. The lowest BCUT2D eigenvalue weighted by Gasteiger charge is -2.36. The van der Waals surface area contributed by atoms with E-state index in [0.29, 0.717) is 36.8 Å². The summed E-state index contributed by atoms with van der Waals surface area (Å²) in [6, 6.07) is 4.67. The molecule has 0 saturated carbocycles. The molecule has 4 nitrogen and oxygen atoms in total. The Morgan fingerprint density at radius 2 is 0.980 bits per heavy atom. The topological polar surface area (TPSA) is 27.7 Å². The Balaban J connectivity index is 0.000000650. The van der Waals surface area contributed by atoms with Gasteiger partial charge in [0.1, 0.15) is 23.3 Å². The minimum absolute atomic E-state index is 0.0111. The van der Waals surface area contributed by atoms with Crippen molar-refractivity contribution in [1.29, 1.82) is 0 Å². The Kier molecular flexibility index (Phi) is 13.5. The average molecular weight is 725 g/mol. The molecule has 4 rings (SSSR count). The Bertz CT molecular complexity index is 1680. The van der Waals surface area contributed by atoms with Crippen molar-refractivity contribution in [3.05, 3.63) is 124 Å². The van der Waals surface area contributed by atoms with E-state index in [0.717, 1.165) is 25.0 Å². The van der Waals surface area contributed by atoms with E-state index < -0.39 is 106 Å². The first-order valence-electron chi connectivity index (χ1n) is 14.6. The first kappa shape index (κ1) is 39.9. The van der Waals surface area contributed by atoms with Crippen LogP contribution >= 0.6 is 0 Å². The van der Waals surface area contributed by atoms with Crippen LogP contribution in [-0.4, -0.2) is 32.9 Å². The van der Waals surface area contributed by atoms with Gasteiger partial charge in [0.05, 0.1) is 32.5 Å². The van der Waals surface area contributed by atoms with E-state index in [1.54, 1.807) is 21.1 Å². The van der Waals surface area contributed by atoms with E-state index in [-0.39, 0.29) is 10.9 Å². The second kappa shape index (κ2) is 16.9. The molecule has 0 heterocycles. The summed E-state index contributed by atoms with van der Waals surface area (Å²) in [6.45, 7) is 1.93. The van der Waals surface area contributed by atoms with Crippen LogP contribution in [0.4, 0.5) is 52.7 Å². The van der Waals surface area contributed by atoms with Gasteiger partial charge in [0.15, 0.2) is 52.4 Å². The minimum Gasteiger partial charge on any atom is -0.489 e. The van der Waals surface area contributed by atoms with Gasteiger partial charge >= 0.3 is 7.32 Å². The molecule has 0 radical (unpaired) electrons. The molecule has 50 heavy (non-hydrogen) atoms. The molecule has 4 aromatic rings. The summed E-state index contributed by atoms with van der Waals surface area (Å²) in [5.74, 6) is -21.6. The summed E-state index contributed by atoms with van der Waals surface area (Å²) in [7, 11) is 2.68. The van der Waals surface area contributed by atoms with Gasteiger partial charge in [-0.1, -0.05) is 19.8 Å². The number of quaternary nitrogens is 1. The first-order chi connectivity index (χ1) is 23.3. The smallest absolute Gasteiger partial charge is 0.489 e. The maximum atomic E-state index is 15.3. The van der Waals surface area contributed by atoms with Crippen LogP contribution in [0.2, 0.25) is 0 Å². The summed E-state index contributed by atoms with van der Waals surface area (Å²) in [6.07, 6.45) is 2.38. The standard InChI is InChI=1S/C27H26BF9NO3.C6H2F3/c1-5-6-7-8-21(38(2,3)4)23-22(13-20(33)26(36)27(23)37)41-28(39-14-9-16(29)24(34)17(30)10-14)40-15-11-18(31)25(35)19(32)12-15;7-4-2-1-3-5(8)6(4)9/h9-13,21H,5-8H2,1-4H3;2-3H/q+1;-1. The zero-order valence-electron chi connectivity index (χ0n) is 26.7. The van der Waals surface area contributed by atoms with Crippen molar-refractivity contribution in [1.82, 2.24) is 0 Å². The van der Waals surface area contributed by atoms with E-state index >= 15 is 4.39 Å². The SMILES string of the molecule is CCCCCC(c1c(OB(Oc2cc(F)c(F)c(F)c2)Oc2cc(F)c(F)c(F)c2)cc(F)c(F)c1F)[N+](C)(C)C.Fc1c[c-]cc(F)c1F. The molecular weight excluding hydrogens is 697 g/mol. The van der Waals surface area contributed by atoms with Crippen LogP contribution in [0.3, 0.4) is 0 Å². The molecule has 270 valence electrons. The molecule has 1 atom stereocenters. The highest BCUT2D eigenvalue weighted by atomic mass is 19.2. The summed E-state index contributed by atoms with van der Waals surface area (Å²) in [4.78, 5) is 0. The van der Waals surface area contributed by atoms with Crippen molar-refractivity contribution < 1.29 is 71.1 Å². The average Bonchev–Trinajstić information content (AvgIpc) is 3.03. The fraction of sp³-hybridized carbons (Fsp3) is 0.273. The summed E-state index contributed by atoms with van der Waals surface area (Å²) < 4.78 is 178. The van der Waals surface area contributed by atoms with Crippen LogP contribution in [0.25, 0.3) is 0 Å². The molecule has 0 saturated heterocycles. The predicted molar refractivity (Wildman–Crippen MR) is 157 cm³/mol. The van der Waals surface area contributed by atoms with Gasteiger partial charge in [-0.3, -0.25) is 8.78 Å². The maximum Gasteiger partial charge on any atom is 0.864 e. The number of rotatable bonds is 12. The van der Waals surface area contributed by atoms with E-state index in [9.17, 15) is 48.3 Å². The largest absolute Gasteiger partial charge is 0.864 e. The van der Waals surface area contributed by atoms with Gasteiger partial charge in [-0.15, -0.1) is 12.1 Å². The third kappa shape index (κ3) is 10.0. The van der Waals surface area contributed by atoms with Gasteiger partial charge < -0.3 is 18.4 Å². The molecule has 0 bridgehead atoms. The quantitative estimate of drug-likeness (QED) is 0.0364. The first-order valence-corrected chi connectivity index (χ1v) is 14.6. The van der Waals surface area contributed by atoms with Crippen LogP contribution in [0, 0.1) is 75.9 Å². The van der Waals surface area contributed by atoms with E-state index in [1.807, 2.05) is 6.92 Å². The fourth-order valence-corrected chi connectivity index (χ4v) is 4.53. The zero-order chi connectivity index (χ0) is 37.5. The predicted octanol–water partition coefficient (Wildman–Crippen LogP) is 9.69. The Morgan fingerprint density at radius 1 is 0.560 bits per heavy atom. The monoisotopic (exact) mass is 725 g/mol. The van der Waals surface area contributed by atoms with E-state index in [1.165, 1.54) is 0 Å². The third-order valence-corrected chi connectivity index (χ3v) is 6.95. The highest BCUT2D eigenvalue weighted by Gasteiger charge is 2.39. The highest BCUT2D eigenvalue weighted by Crippen LogP contribution is 2.39. The van der Waals surface area contributed by atoms with Gasteiger partial charge in [-0.05, 0) is 6.42 Å². The van der Waals surface area contributed by atoms with Gasteiger partial charge in [-0.25, -0.2) is 43.9 Å². The van der Waals surface area contributed by atoms with E-state index in [2.05, 4.69) is 6.07 Å². The molecule has 0 fully saturated rings. The van der Waals surface area contributed by atoms with Crippen LogP contribution < -0.4 is 14.0 Å². The molecular formula is C33H28BF12NO3. The number of hydrogen-bond donors (Lipinski definition) is 0. The maximum absolute atomic E-state index is 15.3. The van der Waals surface area contributed by atoms with Crippen LogP contribution in [-0.2, 0) is 0 Å². The van der Waals surface area contributed by atoms with Crippen molar-refractivity contribution >= 4 is 7.32 Å². The Labute approximate surface area is 279 Å². The Morgan fingerprint density at radius 3 is 1.38 bits per heavy atom. The molecule has 4 aromatic carbocycles. The lowest BCUT2D eigenvalue weighted by Crippen LogP contribution is -2.41. The molecule has 0 aromatic heterocycles. The lowest BCUT2D eigenvalue weighted by atomic mass is 9.95.